The van der Waals surface area contributed by atoms with Crippen LogP contribution in [0.5, 0.6) is 23.0 Å². The van der Waals surface area contributed by atoms with E-state index in [9.17, 15) is 15.0 Å². The first-order chi connectivity index (χ1) is 8.18. The highest BCUT2D eigenvalue weighted by molar-refractivity contribution is 5.93. The summed E-state index contributed by atoms with van der Waals surface area (Å²) in [4.78, 5) is 11.8. The summed E-state index contributed by atoms with van der Waals surface area (Å²) in [5.41, 5.74) is -0.638. The molecule has 1 heterocycles. The zero-order valence-electron chi connectivity index (χ0n) is 8.64. The van der Waals surface area contributed by atoms with Crippen molar-refractivity contribution in [2.75, 3.05) is 6.79 Å². The Bertz CT molecular complexity index is 678. The van der Waals surface area contributed by atoms with E-state index in [4.69, 9.17) is 9.47 Å². The van der Waals surface area contributed by atoms with Crippen LogP contribution in [0.2, 0.25) is 0 Å². The van der Waals surface area contributed by atoms with Crippen molar-refractivity contribution >= 4 is 10.8 Å². The number of phenols is 1. The first-order valence-electron chi connectivity index (χ1n) is 4.96. The number of hydrogen-bond acceptors (Lipinski definition) is 5. The summed E-state index contributed by atoms with van der Waals surface area (Å²) in [6, 6.07) is 6.01. The standard InChI is InChI=1S/C12H8O5/c13-7-3-1-2-6-4-8-12(17-5-16-8)11(15)9(6)10(7)14/h1-4,15H,5H2,(H,13,14). The van der Waals surface area contributed by atoms with Gasteiger partial charge in [-0.2, -0.15) is 0 Å². The molecule has 17 heavy (non-hydrogen) atoms. The Morgan fingerprint density at radius 2 is 2.00 bits per heavy atom. The molecule has 86 valence electrons. The maximum atomic E-state index is 11.8. The third-order valence-corrected chi connectivity index (χ3v) is 2.66. The lowest BCUT2D eigenvalue weighted by Crippen LogP contribution is -1.97. The van der Waals surface area contributed by atoms with Gasteiger partial charge in [0.1, 0.15) is 0 Å². The average molecular weight is 232 g/mol. The van der Waals surface area contributed by atoms with Crippen molar-refractivity contribution in [2.45, 2.75) is 0 Å². The molecule has 0 unspecified atom stereocenters. The number of benzene rings is 1. The normalized spacial score (nSPS) is 12.9. The molecule has 5 nitrogen and oxygen atoms in total. The van der Waals surface area contributed by atoms with Crippen LogP contribution in [0.4, 0.5) is 0 Å². The Morgan fingerprint density at radius 1 is 1.18 bits per heavy atom. The Kier molecular flexibility index (Phi) is 1.89. The number of phenolic OH excluding ortho intramolecular Hbond substituents is 1. The Morgan fingerprint density at radius 3 is 2.82 bits per heavy atom. The van der Waals surface area contributed by atoms with Gasteiger partial charge in [-0.1, -0.05) is 12.1 Å². The van der Waals surface area contributed by atoms with E-state index < -0.39 is 11.2 Å². The second kappa shape index (κ2) is 3.28. The van der Waals surface area contributed by atoms with Crippen molar-refractivity contribution < 1.29 is 19.7 Å². The molecule has 1 aliphatic heterocycles. The number of aromatic hydroxyl groups is 2. The van der Waals surface area contributed by atoms with Crippen molar-refractivity contribution in [3.05, 3.63) is 34.5 Å². The Hall–Kier alpha value is -2.43. The van der Waals surface area contributed by atoms with Crippen LogP contribution in [0.3, 0.4) is 0 Å². The minimum Gasteiger partial charge on any atom is -0.504 e. The summed E-state index contributed by atoms with van der Waals surface area (Å²) in [7, 11) is 0. The largest absolute Gasteiger partial charge is 0.504 e. The highest BCUT2D eigenvalue weighted by Crippen LogP contribution is 2.44. The maximum absolute atomic E-state index is 11.8. The lowest BCUT2D eigenvalue weighted by molar-refractivity contribution is 0.171. The van der Waals surface area contributed by atoms with Gasteiger partial charge in [0.15, 0.2) is 17.2 Å². The van der Waals surface area contributed by atoms with E-state index in [1.54, 1.807) is 12.1 Å². The predicted octanol–water partition coefficient (Wildman–Crippen LogP) is 1.34. The number of hydrogen-bond donors (Lipinski definition) is 2. The molecule has 0 fully saturated rings. The van der Waals surface area contributed by atoms with Gasteiger partial charge in [0.2, 0.25) is 18.0 Å². The Labute approximate surface area is 95.5 Å². The fourth-order valence-electron chi connectivity index (χ4n) is 1.86. The van der Waals surface area contributed by atoms with Crippen molar-refractivity contribution in [3.8, 4) is 23.0 Å². The van der Waals surface area contributed by atoms with Crippen LogP contribution in [0.15, 0.2) is 29.1 Å². The van der Waals surface area contributed by atoms with Crippen LogP contribution < -0.4 is 14.9 Å². The molecule has 0 atom stereocenters. The molecule has 5 heteroatoms. The smallest absolute Gasteiger partial charge is 0.231 e. The SMILES string of the molecule is O=c1c(O)cccc2cc3c(c(O)c12)OCO3. The molecule has 0 saturated heterocycles. The summed E-state index contributed by atoms with van der Waals surface area (Å²) in [5.74, 6) is -0.194. The minimum atomic E-state index is -0.638. The number of ether oxygens (including phenoxy) is 2. The molecule has 2 N–H and O–H groups in total. The molecule has 0 radical (unpaired) electrons. The summed E-state index contributed by atoms with van der Waals surface area (Å²) in [5, 5.41) is 19.9. The molecule has 0 amide bonds. The van der Waals surface area contributed by atoms with Crippen LogP contribution in [0, 0.1) is 0 Å². The van der Waals surface area contributed by atoms with E-state index in [1.807, 2.05) is 0 Å². The summed E-state index contributed by atoms with van der Waals surface area (Å²) >= 11 is 0. The van der Waals surface area contributed by atoms with Crippen LogP contribution in [0.25, 0.3) is 10.8 Å². The van der Waals surface area contributed by atoms with Crippen LogP contribution >= 0.6 is 0 Å². The van der Waals surface area contributed by atoms with Gasteiger partial charge in [-0.05, 0) is 17.5 Å². The predicted molar refractivity (Wildman–Crippen MR) is 59.7 cm³/mol. The molecule has 0 saturated carbocycles. The van der Waals surface area contributed by atoms with Gasteiger partial charge < -0.3 is 19.7 Å². The van der Waals surface area contributed by atoms with Crippen molar-refractivity contribution in [1.82, 2.24) is 0 Å². The van der Waals surface area contributed by atoms with Crippen molar-refractivity contribution in [2.24, 2.45) is 0 Å². The van der Waals surface area contributed by atoms with Crippen molar-refractivity contribution in [1.29, 1.82) is 0 Å². The highest BCUT2D eigenvalue weighted by Gasteiger charge is 2.22. The quantitative estimate of drug-likeness (QED) is 0.716. The third kappa shape index (κ3) is 1.29. The van der Waals surface area contributed by atoms with Crippen molar-refractivity contribution in [3.63, 3.8) is 0 Å². The molecule has 0 aromatic heterocycles. The van der Waals surface area contributed by atoms with Gasteiger partial charge in [-0.25, -0.2) is 0 Å². The monoisotopic (exact) mass is 232 g/mol. The lowest BCUT2D eigenvalue weighted by Gasteiger charge is -2.01. The molecule has 2 aromatic carbocycles. The van der Waals surface area contributed by atoms with Gasteiger partial charge in [-0.15, -0.1) is 0 Å². The fraction of sp³-hybridized carbons (Fsp3) is 0.0833. The molecule has 0 bridgehead atoms. The number of fused-ring (bicyclic) bond motifs is 2. The third-order valence-electron chi connectivity index (χ3n) is 2.66. The van der Waals surface area contributed by atoms with E-state index in [2.05, 4.69) is 0 Å². The molecular weight excluding hydrogens is 224 g/mol. The summed E-state index contributed by atoms with van der Waals surface area (Å²) in [6.07, 6.45) is 0. The number of rotatable bonds is 0. The molecule has 1 aliphatic rings. The van der Waals surface area contributed by atoms with Crippen LogP contribution in [-0.4, -0.2) is 17.0 Å². The second-order valence-electron chi connectivity index (χ2n) is 3.66. The first-order valence-corrected chi connectivity index (χ1v) is 4.96. The fourth-order valence-corrected chi connectivity index (χ4v) is 1.86. The van der Waals surface area contributed by atoms with Gasteiger partial charge in [0.25, 0.3) is 0 Å². The molecular formula is C12H8O5. The molecule has 2 aromatic rings. The van der Waals surface area contributed by atoms with Gasteiger partial charge in [0.05, 0.1) is 5.39 Å². The topological polar surface area (TPSA) is 76.0 Å². The summed E-state index contributed by atoms with van der Waals surface area (Å²) in [6.45, 7) is 0.00547. The second-order valence-corrected chi connectivity index (χ2v) is 3.66. The van der Waals surface area contributed by atoms with E-state index in [0.717, 1.165) is 0 Å². The molecule has 3 rings (SSSR count). The van der Waals surface area contributed by atoms with Gasteiger partial charge in [0, 0.05) is 0 Å². The van der Waals surface area contributed by atoms with Crippen LogP contribution in [0.1, 0.15) is 0 Å². The zero-order chi connectivity index (χ0) is 12.0. The minimum absolute atomic E-state index is 0.00547. The molecule has 0 spiro atoms. The average Bonchev–Trinajstić information content (AvgIpc) is 2.71. The van der Waals surface area contributed by atoms with Gasteiger partial charge in [-0.3, -0.25) is 4.79 Å². The summed E-state index contributed by atoms with van der Waals surface area (Å²) < 4.78 is 10.2. The Balaban J connectivity index is 2.56. The molecule has 0 aliphatic carbocycles. The first kappa shape index (κ1) is 9.77. The lowest BCUT2D eigenvalue weighted by atomic mass is 10.1. The van der Waals surface area contributed by atoms with E-state index in [-0.39, 0.29) is 23.7 Å². The highest BCUT2D eigenvalue weighted by atomic mass is 16.7. The van der Waals surface area contributed by atoms with E-state index in [0.29, 0.717) is 11.1 Å². The van der Waals surface area contributed by atoms with E-state index >= 15 is 0 Å². The van der Waals surface area contributed by atoms with Crippen LogP contribution in [-0.2, 0) is 0 Å². The maximum Gasteiger partial charge on any atom is 0.231 e. The van der Waals surface area contributed by atoms with E-state index in [1.165, 1.54) is 12.1 Å². The van der Waals surface area contributed by atoms with Gasteiger partial charge >= 0.3 is 0 Å². The zero-order valence-corrected chi connectivity index (χ0v) is 8.64.